The van der Waals surface area contributed by atoms with Crippen LogP contribution in [0.2, 0.25) is 0 Å². The number of tetrazole rings is 1. The molecule has 3 aromatic rings. The maximum absolute atomic E-state index is 13.4. The zero-order valence-corrected chi connectivity index (χ0v) is 17.3. The van der Waals surface area contributed by atoms with Gasteiger partial charge in [-0.15, -0.1) is 5.10 Å². The van der Waals surface area contributed by atoms with Gasteiger partial charge in [0.2, 0.25) is 11.1 Å². The van der Waals surface area contributed by atoms with Gasteiger partial charge in [0.15, 0.2) is 0 Å². The number of para-hydroxylation sites is 1. The summed E-state index contributed by atoms with van der Waals surface area (Å²) in [5.74, 6) is 0.0561. The van der Waals surface area contributed by atoms with Crippen LogP contribution in [0.25, 0.3) is 5.69 Å². The van der Waals surface area contributed by atoms with Gasteiger partial charge in [0.05, 0.1) is 18.9 Å². The molecular weight excluding hydrogens is 386 g/mol. The van der Waals surface area contributed by atoms with Gasteiger partial charge in [0.25, 0.3) is 0 Å². The lowest BCUT2D eigenvalue weighted by atomic mass is 10.1. The van der Waals surface area contributed by atoms with Crippen LogP contribution in [0.3, 0.4) is 0 Å². The topological polar surface area (TPSA) is 73.1 Å². The first-order valence-electron chi connectivity index (χ1n) is 9.58. The van der Waals surface area contributed by atoms with E-state index < -0.39 is 5.25 Å². The zero-order chi connectivity index (χ0) is 20.2. The van der Waals surface area contributed by atoms with Gasteiger partial charge in [-0.25, -0.2) is 0 Å². The van der Waals surface area contributed by atoms with Crippen molar-refractivity contribution in [2.45, 2.75) is 24.3 Å². The van der Waals surface area contributed by atoms with E-state index in [1.165, 1.54) is 11.8 Å². The Bertz CT molecular complexity index is 965. The van der Waals surface area contributed by atoms with E-state index in [0.29, 0.717) is 31.5 Å². The average molecular weight is 410 g/mol. The molecule has 1 amide bonds. The number of rotatable bonds is 5. The third-order valence-electron chi connectivity index (χ3n) is 4.96. The van der Waals surface area contributed by atoms with Crippen LogP contribution in [0.5, 0.6) is 0 Å². The van der Waals surface area contributed by atoms with Crippen molar-refractivity contribution in [2.24, 2.45) is 0 Å². The summed E-state index contributed by atoms with van der Waals surface area (Å²) in [5, 5.41) is 12.5. The summed E-state index contributed by atoms with van der Waals surface area (Å²) in [4.78, 5) is 15.2. The Hall–Kier alpha value is -2.71. The molecule has 2 heterocycles. The van der Waals surface area contributed by atoms with Gasteiger partial charge >= 0.3 is 0 Å². The van der Waals surface area contributed by atoms with Gasteiger partial charge < -0.3 is 9.64 Å². The van der Waals surface area contributed by atoms with Gasteiger partial charge in [-0.3, -0.25) is 4.79 Å². The lowest BCUT2D eigenvalue weighted by Gasteiger charge is -2.30. The molecule has 0 saturated carbocycles. The monoisotopic (exact) mass is 409 g/mol. The Morgan fingerprint density at radius 1 is 1.03 bits per heavy atom. The van der Waals surface area contributed by atoms with Crippen LogP contribution in [0, 0.1) is 13.8 Å². The van der Waals surface area contributed by atoms with Crippen LogP contribution < -0.4 is 0 Å². The molecule has 1 aromatic heterocycles. The van der Waals surface area contributed by atoms with Crippen molar-refractivity contribution in [3.63, 3.8) is 0 Å². The minimum absolute atomic E-state index is 0.0561. The first-order valence-corrected chi connectivity index (χ1v) is 10.5. The number of carbonyl (C=O) groups is 1. The third-order valence-corrected chi connectivity index (χ3v) is 6.14. The van der Waals surface area contributed by atoms with Gasteiger partial charge in [0.1, 0.15) is 5.25 Å². The normalized spacial score (nSPS) is 15.3. The average Bonchev–Trinajstić information content (AvgIpc) is 3.20. The Labute approximate surface area is 174 Å². The summed E-state index contributed by atoms with van der Waals surface area (Å²) >= 11 is 1.38. The molecule has 0 spiro atoms. The van der Waals surface area contributed by atoms with Crippen molar-refractivity contribution >= 4 is 17.7 Å². The summed E-state index contributed by atoms with van der Waals surface area (Å²) in [7, 11) is 0. The molecule has 150 valence electrons. The number of carbonyl (C=O) groups excluding carboxylic acids is 1. The van der Waals surface area contributed by atoms with Crippen LogP contribution in [0.1, 0.15) is 21.9 Å². The molecule has 0 bridgehead atoms. The van der Waals surface area contributed by atoms with Crippen molar-refractivity contribution in [3.05, 3.63) is 65.2 Å². The number of morpholine rings is 1. The molecule has 2 aromatic carbocycles. The van der Waals surface area contributed by atoms with Crippen LogP contribution in [0.15, 0.2) is 53.7 Å². The Kier molecular flexibility index (Phi) is 5.92. The summed E-state index contributed by atoms with van der Waals surface area (Å²) in [6, 6.07) is 15.9. The van der Waals surface area contributed by atoms with Crippen LogP contribution in [0.4, 0.5) is 0 Å². The van der Waals surface area contributed by atoms with E-state index in [1.54, 1.807) is 4.68 Å². The van der Waals surface area contributed by atoms with Crippen molar-refractivity contribution in [2.75, 3.05) is 26.3 Å². The molecule has 1 atom stereocenters. The maximum Gasteiger partial charge on any atom is 0.240 e. The van der Waals surface area contributed by atoms with E-state index in [4.69, 9.17) is 4.74 Å². The molecule has 0 aliphatic carbocycles. The fourth-order valence-electron chi connectivity index (χ4n) is 3.48. The molecule has 0 radical (unpaired) electrons. The number of amides is 1. The highest BCUT2D eigenvalue weighted by atomic mass is 32.2. The van der Waals surface area contributed by atoms with E-state index in [0.717, 1.165) is 22.4 Å². The highest BCUT2D eigenvalue weighted by Gasteiger charge is 2.30. The number of hydrogen-bond donors (Lipinski definition) is 0. The van der Waals surface area contributed by atoms with Crippen LogP contribution in [-0.4, -0.2) is 57.3 Å². The first kappa shape index (κ1) is 19.6. The predicted molar refractivity (Wildman–Crippen MR) is 111 cm³/mol. The number of thioether (sulfide) groups is 1. The molecule has 29 heavy (non-hydrogen) atoms. The standard InChI is InChI=1S/C21H23N5O2S/c1-15-7-6-8-16(2)18(15)26-21(22-23-24-26)29-19(17-9-4-3-5-10-17)20(27)25-11-13-28-14-12-25/h3-10,19H,11-14H2,1-2H3. The number of ether oxygens (including phenoxy) is 1. The minimum atomic E-state index is -0.427. The van der Waals surface area contributed by atoms with E-state index >= 15 is 0 Å². The van der Waals surface area contributed by atoms with Gasteiger partial charge in [-0.05, 0) is 41.0 Å². The minimum Gasteiger partial charge on any atom is -0.378 e. The van der Waals surface area contributed by atoms with Crippen molar-refractivity contribution < 1.29 is 9.53 Å². The van der Waals surface area contributed by atoms with Gasteiger partial charge in [-0.2, -0.15) is 4.68 Å². The Balaban J connectivity index is 1.69. The summed E-state index contributed by atoms with van der Waals surface area (Å²) in [5.41, 5.74) is 4.04. The molecule has 1 unspecified atom stereocenters. The lowest BCUT2D eigenvalue weighted by molar-refractivity contribution is -0.134. The number of nitrogens with zero attached hydrogens (tertiary/aromatic N) is 5. The molecule has 1 aliphatic heterocycles. The van der Waals surface area contributed by atoms with Gasteiger partial charge in [0, 0.05) is 13.1 Å². The molecule has 1 saturated heterocycles. The molecule has 0 N–H and O–H groups in total. The SMILES string of the molecule is Cc1cccc(C)c1-n1nnnc1SC(C(=O)N1CCOCC1)c1ccccc1. The molecule has 1 aliphatic rings. The summed E-state index contributed by atoms with van der Waals surface area (Å²) in [6.07, 6.45) is 0. The highest BCUT2D eigenvalue weighted by Crippen LogP contribution is 2.37. The third kappa shape index (κ3) is 4.18. The van der Waals surface area contributed by atoms with Crippen LogP contribution >= 0.6 is 11.8 Å². The summed E-state index contributed by atoms with van der Waals surface area (Å²) < 4.78 is 7.14. The highest BCUT2D eigenvalue weighted by molar-refractivity contribution is 8.00. The van der Waals surface area contributed by atoms with E-state index in [9.17, 15) is 4.79 Å². The second-order valence-corrected chi connectivity index (χ2v) is 8.03. The number of hydrogen-bond acceptors (Lipinski definition) is 6. The van der Waals surface area contributed by atoms with Crippen LogP contribution in [-0.2, 0) is 9.53 Å². The fraction of sp³-hybridized carbons (Fsp3) is 0.333. The number of benzene rings is 2. The van der Waals surface area contributed by atoms with Gasteiger partial charge in [-0.1, -0.05) is 60.3 Å². The molecule has 8 heteroatoms. The zero-order valence-electron chi connectivity index (χ0n) is 16.5. The second-order valence-electron chi connectivity index (χ2n) is 6.96. The summed E-state index contributed by atoms with van der Waals surface area (Å²) in [6.45, 7) is 6.41. The van der Waals surface area contributed by atoms with Crippen molar-refractivity contribution in [1.29, 1.82) is 0 Å². The van der Waals surface area contributed by atoms with E-state index in [-0.39, 0.29) is 5.91 Å². The fourth-order valence-corrected chi connectivity index (χ4v) is 4.54. The lowest BCUT2D eigenvalue weighted by Crippen LogP contribution is -2.42. The predicted octanol–water partition coefficient (Wildman–Crippen LogP) is 2.97. The molecule has 7 nitrogen and oxygen atoms in total. The second kappa shape index (κ2) is 8.75. The Morgan fingerprint density at radius 2 is 1.72 bits per heavy atom. The molecule has 1 fully saturated rings. The maximum atomic E-state index is 13.4. The Morgan fingerprint density at radius 3 is 2.41 bits per heavy atom. The number of aryl methyl sites for hydroxylation is 2. The quantitative estimate of drug-likeness (QED) is 0.603. The smallest absolute Gasteiger partial charge is 0.240 e. The van der Waals surface area contributed by atoms with E-state index in [2.05, 4.69) is 15.5 Å². The first-order chi connectivity index (χ1) is 14.1. The molecule has 4 rings (SSSR count). The largest absolute Gasteiger partial charge is 0.378 e. The van der Waals surface area contributed by atoms with Crippen molar-refractivity contribution in [1.82, 2.24) is 25.1 Å². The van der Waals surface area contributed by atoms with Crippen molar-refractivity contribution in [3.8, 4) is 5.69 Å². The number of aromatic nitrogens is 4. The van der Waals surface area contributed by atoms with E-state index in [1.807, 2.05) is 67.3 Å². The molecular formula is C21H23N5O2S.